The van der Waals surface area contributed by atoms with E-state index in [2.05, 4.69) is 4.74 Å². The molecule has 0 saturated heterocycles. The Morgan fingerprint density at radius 3 is 1.93 bits per heavy atom. The molecule has 0 aromatic carbocycles. The van der Waals surface area contributed by atoms with Crippen LogP contribution in [0.4, 0.5) is 0 Å². The number of esters is 1. The van der Waals surface area contributed by atoms with Gasteiger partial charge < -0.3 is 20.1 Å². The van der Waals surface area contributed by atoms with E-state index in [1.807, 2.05) is 0 Å². The van der Waals surface area contributed by atoms with E-state index in [0.29, 0.717) is 0 Å². The summed E-state index contributed by atoms with van der Waals surface area (Å²) in [7, 11) is 0. The lowest BCUT2D eigenvalue weighted by atomic mass is 10.1. The first-order valence-electron chi connectivity index (χ1n) is 3.93. The summed E-state index contributed by atoms with van der Waals surface area (Å²) in [4.78, 5) is 21.3. The van der Waals surface area contributed by atoms with Gasteiger partial charge in [-0.2, -0.15) is 0 Å². The summed E-state index contributed by atoms with van der Waals surface area (Å²) >= 11 is 0. The van der Waals surface area contributed by atoms with Gasteiger partial charge in [0.05, 0.1) is 0 Å². The number of hydrogen-bond acceptors (Lipinski definition) is 5. The number of aliphatic hydroxyl groups is 2. The Labute approximate surface area is 81.1 Å². The van der Waals surface area contributed by atoms with Crippen LogP contribution >= 0.6 is 0 Å². The van der Waals surface area contributed by atoms with Crippen LogP contribution in [0.5, 0.6) is 0 Å². The Morgan fingerprint density at radius 2 is 1.64 bits per heavy atom. The molecule has 0 spiro atoms. The maximum atomic E-state index is 11.0. The van der Waals surface area contributed by atoms with Crippen LogP contribution in [0.1, 0.15) is 20.8 Å². The highest BCUT2D eigenvalue weighted by Crippen LogP contribution is 2.08. The molecule has 0 radical (unpaired) electrons. The monoisotopic (exact) mass is 206 g/mol. The van der Waals surface area contributed by atoms with E-state index in [1.165, 1.54) is 13.8 Å². The van der Waals surface area contributed by atoms with Gasteiger partial charge in [0, 0.05) is 0 Å². The van der Waals surface area contributed by atoms with E-state index in [-0.39, 0.29) is 0 Å². The maximum absolute atomic E-state index is 11.0. The summed E-state index contributed by atoms with van der Waals surface area (Å²) in [6.45, 7) is 2.69. The first-order chi connectivity index (χ1) is 6.07. The molecule has 0 bridgehead atoms. The molecule has 6 heteroatoms. The van der Waals surface area contributed by atoms with E-state index < -0.39 is 29.7 Å². The fourth-order valence-corrected chi connectivity index (χ4v) is 0.444. The summed E-state index contributed by atoms with van der Waals surface area (Å²) in [5.41, 5.74) is -3.84. The van der Waals surface area contributed by atoms with Crippen molar-refractivity contribution in [1.29, 1.82) is 0 Å². The first kappa shape index (κ1) is 12.9. The number of carbonyl (C=O) groups excluding carboxylic acids is 1. The zero-order valence-electron chi connectivity index (χ0n) is 8.27. The fraction of sp³-hybridized carbons (Fsp3) is 0.750. The summed E-state index contributed by atoms with van der Waals surface area (Å²) in [6.07, 6.45) is 0. The molecule has 0 aromatic rings. The van der Waals surface area contributed by atoms with Gasteiger partial charge in [-0.1, -0.05) is 0 Å². The Hall–Kier alpha value is -1.14. The molecule has 0 heterocycles. The summed E-state index contributed by atoms with van der Waals surface area (Å²) in [6, 6.07) is 0. The number of ether oxygens (including phenoxy) is 1. The lowest BCUT2D eigenvalue weighted by Gasteiger charge is -2.21. The van der Waals surface area contributed by atoms with E-state index in [4.69, 9.17) is 15.3 Å². The second-order valence-electron chi connectivity index (χ2n) is 3.71. The molecule has 0 fully saturated rings. The zero-order valence-corrected chi connectivity index (χ0v) is 8.27. The molecule has 0 aliphatic rings. The van der Waals surface area contributed by atoms with Crippen molar-refractivity contribution in [3.63, 3.8) is 0 Å². The SMILES string of the molecule is CC(C)(O)C(=O)OCC(C)(O)C(=O)O. The third-order valence-electron chi connectivity index (χ3n) is 1.44. The third kappa shape index (κ3) is 3.71. The van der Waals surface area contributed by atoms with Gasteiger partial charge in [-0.3, -0.25) is 0 Å². The molecule has 82 valence electrons. The number of carbonyl (C=O) groups is 2. The minimum Gasteiger partial charge on any atom is -0.479 e. The lowest BCUT2D eigenvalue weighted by molar-refractivity contribution is -0.176. The van der Waals surface area contributed by atoms with Crippen molar-refractivity contribution in [2.75, 3.05) is 6.61 Å². The highest BCUT2D eigenvalue weighted by Gasteiger charge is 2.34. The second kappa shape index (κ2) is 3.93. The Morgan fingerprint density at radius 1 is 1.21 bits per heavy atom. The highest BCUT2D eigenvalue weighted by atomic mass is 16.6. The van der Waals surface area contributed by atoms with Crippen molar-refractivity contribution in [2.45, 2.75) is 32.0 Å². The van der Waals surface area contributed by atoms with E-state index in [9.17, 15) is 9.59 Å². The summed E-state index contributed by atoms with van der Waals surface area (Å²) in [5.74, 6) is -2.49. The number of rotatable bonds is 4. The van der Waals surface area contributed by atoms with Crippen LogP contribution in [0.2, 0.25) is 0 Å². The van der Waals surface area contributed by atoms with Crippen molar-refractivity contribution >= 4 is 11.9 Å². The standard InChI is InChI=1S/C8H14O6/c1-7(2,12)6(11)14-4-8(3,13)5(9)10/h12-13H,4H2,1-3H3,(H,9,10). The van der Waals surface area contributed by atoms with Gasteiger partial charge in [0.15, 0.2) is 11.2 Å². The molecule has 3 N–H and O–H groups in total. The van der Waals surface area contributed by atoms with Gasteiger partial charge in [-0.25, -0.2) is 9.59 Å². The van der Waals surface area contributed by atoms with Gasteiger partial charge >= 0.3 is 11.9 Å². The van der Waals surface area contributed by atoms with Crippen LogP contribution in [-0.4, -0.2) is 45.1 Å². The molecule has 6 nitrogen and oxygen atoms in total. The molecule has 0 rings (SSSR count). The van der Waals surface area contributed by atoms with Crippen molar-refractivity contribution < 1.29 is 29.6 Å². The first-order valence-corrected chi connectivity index (χ1v) is 3.93. The topological polar surface area (TPSA) is 104 Å². The Balaban J connectivity index is 4.21. The minimum atomic E-state index is -2.14. The van der Waals surface area contributed by atoms with Crippen LogP contribution in [0.25, 0.3) is 0 Å². The van der Waals surface area contributed by atoms with Crippen LogP contribution in [-0.2, 0) is 14.3 Å². The molecular weight excluding hydrogens is 192 g/mol. The van der Waals surface area contributed by atoms with Crippen molar-refractivity contribution in [3.8, 4) is 0 Å². The molecule has 1 unspecified atom stereocenters. The molecule has 0 aliphatic carbocycles. The average molecular weight is 206 g/mol. The number of aliphatic carboxylic acids is 1. The van der Waals surface area contributed by atoms with Crippen LogP contribution in [0.3, 0.4) is 0 Å². The maximum Gasteiger partial charge on any atom is 0.339 e. The van der Waals surface area contributed by atoms with E-state index >= 15 is 0 Å². The normalized spacial score (nSPS) is 15.8. The molecule has 0 saturated carbocycles. The van der Waals surface area contributed by atoms with Crippen molar-refractivity contribution in [2.24, 2.45) is 0 Å². The number of hydrogen-bond donors (Lipinski definition) is 3. The van der Waals surface area contributed by atoms with Gasteiger partial charge in [0.1, 0.15) is 6.61 Å². The highest BCUT2D eigenvalue weighted by molar-refractivity contribution is 5.80. The molecule has 0 aromatic heterocycles. The van der Waals surface area contributed by atoms with Crippen molar-refractivity contribution in [3.05, 3.63) is 0 Å². The second-order valence-corrected chi connectivity index (χ2v) is 3.71. The molecule has 0 amide bonds. The summed E-state index contributed by atoms with van der Waals surface area (Å²) < 4.78 is 4.41. The molecule has 0 aliphatic heterocycles. The third-order valence-corrected chi connectivity index (χ3v) is 1.44. The average Bonchev–Trinajstić information content (AvgIpc) is 1.98. The molecular formula is C8H14O6. The molecule has 1 atom stereocenters. The van der Waals surface area contributed by atoms with Gasteiger partial charge in [-0.05, 0) is 20.8 Å². The largest absolute Gasteiger partial charge is 0.479 e. The Bertz CT molecular complexity index is 237. The fourth-order valence-electron chi connectivity index (χ4n) is 0.444. The smallest absolute Gasteiger partial charge is 0.339 e. The number of carboxylic acids is 1. The van der Waals surface area contributed by atoms with Gasteiger partial charge in [-0.15, -0.1) is 0 Å². The zero-order chi connectivity index (χ0) is 11.6. The van der Waals surface area contributed by atoms with Crippen molar-refractivity contribution in [1.82, 2.24) is 0 Å². The Kier molecular flexibility index (Phi) is 3.61. The van der Waals surface area contributed by atoms with Gasteiger partial charge in [0.2, 0.25) is 0 Å². The number of carboxylic acid groups (broad SMARTS) is 1. The quantitative estimate of drug-likeness (QED) is 0.517. The summed E-state index contributed by atoms with van der Waals surface area (Å²) in [5, 5.41) is 26.7. The van der Waals surface area contributed by atoms with E-state index in [0.717, 1.165) is 6.92 Å². The predicted molar refractivity (Wildman–Crippen MR) is 45.5 cm³/mol. The lowest BCUT2D eigenvalue weighted by Crippen LogP contribution is -2.43. The minimum absolute atomic E-state index is 0.703. The van der Waals surface area contributed by atoms with Crippen LogP contribution in [0, 0.1) is 0 Å². The van der Waals surface area contributed by atoms with Gasteiger partial charge in [0.25, 0.3) is 0 Å². The van der Waals surface area contributed by atoms with Crippen LogP contribution in [0.15, 0.2) is 0 Å². The van der Waals surface area contributed by atoms with Crippen LogP contribution < -0.4 is 0 Å². The molecule has 14 heavy (non-hydrogen) atoms. The predicted octanol–water partition coefficient (Wildman–Crippen LogP) is -0.864. The van der Waals surface area contributed by atoms with E-state index in [1.54, 1.807) is 0 Å².